The van der Waals surface area contributed by atoms with Gasteiger partial charge in [0.1, 0.15) is 0 Å². The van der Waals surface area contributed by atoms with Crippen molar-refractivity contribution < 1.29 is 9.59 Å². The lowest BCUT2D eigenvalue weighted by atomic mass is 10.2. The predicted molar refractivity (Wildman–Crippen MR) is 73.8 cm³/mol. The maximum absolute atomic E-state index is 11.5. The summed E-state index contributed by atoms with van der Waals surface area (Å²) in [6.07, 6.45) is 3.46. The first-order chi connectivity index (χ1) is 8.22. The summed E-state index contributed by atoms with van der Waals surface area (Å²) in [4.78, 5) is 22.8. The van der Waals surface area contributed by atoms with Gasteiger partial charge in [0, 0.05) is 32.0 Å². The van der Waals surface area contributed by atoms with Crippen molar-refractivity contribution in [1.82, 2.24) is 16.0 Å². The van der Waals surface area contributed by atoms with E-state index in [1.807, 2.05) is 6.92 Å². The Morgan fingerprint density at radius 3 is 2.61 bits per heavy atom. The van der Waals surface area contributed by atoms with Gasteiger partial charge in [-0.25, -0.2) is 0 Å². The Morgan fingerprint density at radius 2 is 2.00 bits per heavy atom. The maximum Gasteiger partial charge on any atom is 0.220 e. The molecule has 1 heterocycles. The normalized spacial score (nSPS) is 17.9. The van der Waals surface area contributed by atoms with Crippen LogP contribution in [0, 0.1) is 0 Å². The van der Waals surface area contributed by atoms with E-state index in [1.54, 1.807) is 0 Å². The minimum absolute atomic E-state index is 0. The average molecular weight is 278 g/mol. The second-order valence-corrected chi connectivity index (χ2v) is 4.46. The fourth-order valence-electron chi connectivity index (χ4n) is 1.84. The molecule has 1 aliphatic rings. The van der Waals surface area contributed by atoms with E-state index in [9.17, 15) is 9.59 Å². The minimum atomic E-state index is 0. The van der Waals surface area contributed by atoms with Crippen LogP contribution in [0.3, 0.4) is 0 Å². The van der Waals surface area contributed by atoms with Crippen LogP contribution in [0.25, 0.3) is 0 Å². The van der Waals surface area contributed by atoms with Gasteiger partial charge in [-0.05, 0) is 25.8 Å². The Labute approximate surface area is 115 Å². The number of carbonyl (C=O) groups excluding carboxylic acids is 2. The maximum atomic E-state index is 11.5. The lowest BCUT2D eigenvalue weighted by Crippen LogP contribution is -2.36. The molecule has 1 saturated heterocycles. The molecule has 0 aromatic carbocycles. The Balaban J connectivity index is 0.00000289. The number of carbonyl (C=O) groups is 2. The second kappa shape index (κ2) is 10.1. The molecule has 0 bridgehead atoms. The van der Waals surface area contributed by atoms with Crippen LogP contribution in [0.2, 0.25) is 0 Å². The molecule has 1 fully saturated rings. The quantitative estimate of drug-likeness (QED) is 0.638. The van der Waals surface area contributed by atoms with E-state index < -0.39 is 0 Å². The summed E-state index contributed by atoms with van der Waals surface area (Å²) in [5, 5.41) is 8.96. The van der Waals surface area contributed by atoms with Gasteiger partial charge in [-0.15, -0.1) is 12.4 Å². The Kier molecular flexibility index (Phi) is 9.69. The molecule has 1 aliphatic heterocycles. The highest BCUT2D eigenvalue weighted by molar-refractivity contribution is 5.85. The molecule has 2 amide bonds. The van der Waals surface area contributed by atoms with E-state index >= 15 is 0 Å². The highest BCUT2D eigenvalue weighted by Crippen LogP contribution is 2.00. The van der Waals surface area contributed by atoms with E-state index in [2.05, 4.69) is 16.0 Å². The van der Waals surface area contributed by atoms with Crippen molar-refractivity contribution in [1.29, 1.82) is 0 Å². The molecule has 0 aromatic rings. The molecule has 3 N–H and O–H groups in total. The first-order valence-corrected chi connectivity index (χ1v) is 6.49. The summed E-state index contributed by atoms with van der Waals surface area (Å²) in [5.41, 5.74) is 0. The van der Waals surface area contributed by atoms with Crippen molar-refractivity contribution >= 4 is 24.2 Å². The molecule has 1 rings (SSSR count). The third-order valence-corrected chi connectivity index (χ3v) is 2.81. The highest BCUT2D eigenvalue weighted by atomic mass is 35.5. The van der Waals surface area contributed by atoms with Crippen molar-refractivity contribution in [3.05, 3.63) is 0 Å². The molecule has 5 nitrogen and oxygen atoms in total. The van der Waals surface area contributed by atoms with Crippen LogP contribution >= 0.6 is 12.4 Å². The minimum Gasteiger partial charge on any atom is -0.356 e. The molecule has 106 valence electrons. The van der Waals surface area contributed by atoms with Gasteiger partial charge in [0.15, 0.2) is 0 Å². The number of nitrogens with one attached hydrogen (secondary N) is 3. The van der Waals surface area contributed by atoms with Gasteiger partial charge >= 0.3 is 0 Å². The second-order valence-electron chi connectivity index (χ2n) is 4.46. The van der Waals surface area contributed by atoms with Gasteiger partial charge in [-0.1, -0.05) is 6.92 Å². The summed E-state index contributed by atoms with van der Waals surface area (Å²) >= 11 is 0. The SMILES string of the molecule is CCCNC(=O)CCCC(=O)NC1CCNC1.Cl. The van der Waals surface area contributed by atoms with Crippen LogP contribution < -0.4 is 16.0 Å². The Hall–Kier alpha value is -0.810. The zero-order chi connectivity index (χ0) is 12.5. The van der Waals surface area contributed by atoms with Crippen LogP contribution in [0.5, 0.6) is 0 Å². The highest BCUT2D eigenvalue weighted by Gasteiger charge is 2.16. The van der Waals surface area contributed by atoms with Gasteiger partial charge in [0.2, 0.25) is 11.8 Å². The average Bonchev–Trinajstić information content (AvgIpc) is 2.79. The van der Waals surface area contributed by atoms with E-state index in [-0.39, 0.29) is 30.3 Å². The molecular weight excluding hydrogens is 254 g/mol. The number of halogens is 1. The van der Waals surface area contributed by atoms with Gasteiger partial charge < -0.3 is 16.0 Å². The van der Waals surface area contributed by atoms with Crippen molar-refractivity contribution in [2.24, 2.45) is 0 Å². The van der Waals surface area contributed by atoms with E-state index in [4.69, 9.17) is 0 Å². The zero-order valence-electron chi connectivity index (χ0n) is 11.0. The zero-order valence-corrected chi connectivity index (χ0v) is 11.8. The molecule has 6 heteroatoms. The fraction of sp³-hybridized carbons (Fsp3) is 0.833. The van der Waals surface area contributed by atoms with Crippen LogP contribution in [0.1, 0.15) is 39.0 Å². The predicted octanol–water partition coefficient (Wildman–Crippen LogP) is 0.583. The Bertz CT molecular complexity index is 256. The molecular formula is C12H24ClN3O2. The van der Waals surface area contributed by atoms with E-state index in [0.717, 1.165) is 32.5 Å². The summed E-state index contributed by atoms with van der Waals surface area (Å²) in [5.74, 6) is 0.101. The number of hydrogen-bond acceptors (Lipinski definition) is 3. The van der Waals surface area contributed by atoms with Crippen LogP contribution in [0.15, 0.2) is 0 Å². The van der Waals surface area contributed by atoms with E-state index in [0.29, 0.717) is 19.3 Å². The smallest absolute Gasteiger partial charge is 0.220 e. The topological polar surface area (TPSA) is 70.2 Å². The molecule has 18 heavy (non-hydrogen) atoms. The Morgan fingerprint density at radius 1 is 1.28 bits per heavy atom. The van der Waals surface area contributed by atoms with Crippen LogP contribution in [0.4, 0.5) is 0 Å². The number of hydrogen-bond donors (Lipinski definition) is 3. The molecule has 0 aliphatic carbocycles. The lowest BCUT2D eigenvalue weighted by molar-refractivity contribution is -0.122. The summed E-state index contributed by atoms with van der Waals surface area (Å²) < 4.78 is 0. The van der Waals surface area contributed by atoms with E-state index in [1.165, 1.54) is 0 Å². The molecule has 0 aromatic heterocycles. The van der Waals surface area contributed by atoms with Crippen LogP contribution in [-0.2, 0) is 9.59 Å². The van der Waals surface area contributed by atoms with Crippen molar-refractivity contribution in [3.63, 3.8) is 0 Å². The lowest BCUT2D eigenvalue weighted by Gasteiger charge is -2.10. The number of amides is 2. The largest absolute Gasteiger partial charge is 0.356 e. The summed E-state index contributed by atoms with van der Waals surface area (Å²) in [7, 11) is 0. The monoisotopic (exact) mass is 277 g/mol. The molecule has 0 radical (unpaired) electrons. The molecule has 1 unspecified atom stereocenters. The van der Waals surface area contributed by atoms with Crippen molar-refractivity contribution in [2.45, 2.75) is 45.1 Å². The molecule has 1 atom stereocenters. The van der Waals surface area contributed by atoms with Gasteiger partial charge in [0.25, 0.3) is 0 Å². The van der Waals surface area contributed by atoms with Crippen molar-refractivity contribution in [3.8, 4) is 0 Å². The van der Waals surface area contributed by atoms with Crippen LogP contribution in [-0.4, -0.2) is 37.5 Å². The molecule has 0 saturated carbocycles. The third kappa shape index (κ3) is 7.50. The van der Waals surface area contributed by atoms with Crippen molar-refractivity contribution in [2.75, 3.05) is 19.6 Å². The standard InChI is InChI=1S/C12H23N3O2.ClH/c1-2-7-14-11(16)4-3-5-12(17)15-10-6-8-13-9-10;/h10,13H,2-9H2,1H3,(H,14,16)(H,15,17);1H. The third-order valence-electron chi connectivity index (χ3n) is 2.81. The first kappa shape index (κ1) is 17.2. The van der Waals surface area contributed by atoms with Gasteiger partial charge in [-0.3, -0.25) is 9.59 Å². The summed E-state index contributed by atoms with van der Waals surface area (Å²) in [6.45, 7) is 4.58. The van der Waals surface area contributed by atoms with Gasteiger partial charge in [0.05, 0.1) is 0 Å². The molecule has 0 spiro atoms. The van der Waals surface area contributed by atoms with Gasteiger partial charge in [-0.2, -0.15) is 0 Å². The first-order valence-electron chi connectivity index (χ1n) is 6.49. The number of rotatable bonds is 7. The summed E-state index contributed by atoms with van der Waals surface area (Å²) in [6, 6.07) is 0.274. The fourth-order valence-corrected chi connectivity index (χ4v) is 1.84.